The summed E-state index contributed by atoms with van der Waals surface area (Å²) in [6, 6.07) is 18.6. The van der Waals surface area contributed by atoms with Crippen molar-refractivity contribution in [3.05, 3.63) is 66.4 Å². The first-order valence-electron chi connectivity index (χ1n) is 8.41. The molecule has 1 saturated heterocycles. The lowest BCUT2D eigenvalue weighted by molar-refractivity contribution is 0.306. The highest BCUT2D eigenvalue weighted by Crippen LogP contribution is 2.28. The molecular weight excluding hydrogens is 298 g/mol. The van der Waals surface area contributed by atoms with E-state index in [0.29, 0.717) is 6.61 Å². The van der Waals surface area contributed by atoms with Gasteiger partial charge in [-0.25, -0.2) is 4.98 Å². The number of ether oxygens (including phenoxy) is 1. The van der Waals surface area contributed by atoms with Gasteiger partial charge in [0.25, 0.3) is 0 Å². The molecule has 0 amide bonds. The lowest BCUT2D eigenvalue weighted by Crippen LogP contribution is -2.43. The Morgan fingerprint density at radius 2 is 1.83 bits per heavy atom. The van der Waals surface area contributed by atoms with E-state index in [-0.39, 0.29) is 0 Å². The SMILES string of the molecule is c1ccc(COc2ccc3ccnc(N4CCNCC4)c3c2)cc1. The quantitative estimate of drug-likeness (QED) is 0.801. The number of hydrogen-bond acceptors (Lipinski definition) is 4. The molecule has 1 aliphatic rings. The van der Waals surface area contributed by atoms with Crippen LogP contribution >= 0.6 is 0 Å². The molecule has 0 saturated carbocycles. The maximum atomic E-state index is 5.98. The van der Waals surface area contributed by atoms with E-state index in [1.165, 1.54) is 10.9 Å². The molecule has 4 rings (SSSR count). The maximum absolute atomic E-state index is 5.98. The smallest absolute Gasteiger partial charge is 0.136 e. The second kappa shape index (κ2) is 6.89. The van der Waals surface area contributed by atoms with Crippen molar-refractivity contribution in [1.29, 1.82) is 0 Å². The molecule has 0 radical (unpaired) electrons. The zero-order chi connectivity index (χ0) is 16.2. The van der Waals surface area contributed by atoms with Gasteiger partial charge in [-0.05, 0) is 29.1 Å². The number of rotatable bonds is 4. The largest absolute Gasteiger partial charge is 0.489 e. The Kier molecular flexibility index (Phi) is 4.30. The zero-order valence-electron chi connectivity index (χ0n) is 13.6. The van der Waals surface area contributed by atoms with Crippen molar-refractivity contribution < 1.29 is 4.74 Å². The summed E-state index contributed by atoms with van der Waals surface area (Å²) in [5.74, 6) is 1.94. The monoisotopic (exact) mass is 319 g/mol. The Bertz CT molecular complexity index is 813. The molecule has 0 aliphatic carbocycles. The minimum absolute atomic E-state index is 0.579. The molecule has 24 heavy (non-hydrogen) atoms. The third kappa shape index (κ3) is 3.19. The molecule has 2 aromatic carbocycles. The van der Waals surface area contributed by atoms with Crippen LogP contribution in [0.15, 0.2) is 60.8 Å². The van der Waals surface area contributed by atoms with Crippen molar-refractivity contribution in [2.75, 3.05) is 31.1 Å². The van der Waals surface area contributed by atoms with Crippen LogP contribution in [0.4, 0.5) is 5.82 Å². The summed E-state index contributed by atoms with van der Waals surface area (Å²) in [5, 5.41) is 5.75. The van der Waals surface area contributed by atoms with Crippen LogP contribution in [0, 0.1) is 0 Å². The molecule has 0 unspecified atom stereocenters. The van der Waals surface area contributed by atoms with Crippen molar-refractivity contribution in [3.8, 4) is 5.75 Å². The first kappa shape index (κ1) is 15.0. The second-order valence-electron chi connectivity index (χ2n) is 6.03. The molecule has 2 heterocycles. The van der Waals surface area contributed by atoms with E-state index in [1.54, 1.807) is 0 Å². The van der Waals surface area contributed by atoms with Crippen molar-refractivity contribution >= 4 is 16.6 Å². The number of aromatic nitrogens is 1. The minimum atomic E-state index is 0.579. The average molecular weight is 319 g/mol. The Morgan fingerprint density at radius 3 is 2.67 bits per heavy atom. The minimum Gasteiger partial charge on any atom is -0.489 e. The summed E-state index contributed by atoms with van der Waals surface area (Å²) in [5.41, 5.74) is 1.17. The van der Waals surface area contributed by atoms with E-state index in [1.807, 2.05) is 30.5 Å². The zero-order valence-corrected chi connectivity index (χ0v) is 13.6. The van der Waals surface area contributed by atoms with E-state index in [9.17, 15) is 0 Å². The van der Waals surface area contributed by atoms with E-state index in [2.05, 4.69) is 45.5 Å². The summed E-state index contributed by atoms with van der Waals surface area (Å²) in [6.07, 6.45) is 1.89. The van der Waals surface area contributed by atoms with E-state index in [4.69, 9.17) is 4.74 Å². The molecule has 3 aromatic rings. The highest BCUT2D eigenvalue weighted by Gasteiger charge is 2.14. The van der Waals surface area contributed by atoms with Gasteiger partial charge >= 0.3 is 0 Å². The van der Waals surface area contributed by atoms with Crippen LogP contribution in [0.2, 0.25) is 0 Å². The summed E-state index contributed by atoms with van der Waals surface area (Å²) in [7, 11) is 0. The van der Waals surface area contributed by atoms with Crippen molar-refractivity contribution in [1.82, 2.24) is 10.3 Å². The molecule has 1 fully saturated rings. The van der Waals surface area contributed by atoms with Gasteiger partial charge < -0.3 is 15.0 Å². The lowest BCUT2D eigenvalue weighted by atomic mass is 10.1. The Balaban J connectivity index is 1.61. The van der Waals surface area contributed by atoms with Gasteiger partial charge in [0, 0.05) is 37.8 Å². The summed E-state index contributed by atoms with van der Waals surface area (Å²) in [4.78, 5) is 6.98. The van der Waals surface area contributed by atoms with Crippen LogP contribution in [0.25, 0.3) is 10.8 Å². The molecule has 4 nitrogen and oxygen atoms in total. The van der Waals surface area contributed by atoms with Gasteiger partial charge in [-0.15, -0.1) is 0 Å². The fourth-order valence-corrected chi connectivity index (χ4v) is 3.09. The normalized spacial score (nSPS) is 14.8. The number of benzene rings is 2. The average Bonchev–Trinajstić information content (AvgIpc) is 2.67. The highest BCUT2D eigenvalue weighted by atomic mass is 16.5. The number of anilines is 1. The predicted molar refractivity (Wildman–Crippen MR) is 97.6 cm³/mol. The second-order valence-corrected chi connectivity index (χ2v) is 6.03. The maximum Gasteiger partial charge on any atom is 0.136 e. The van der Waals surface area contributed by atoms with Gasteiger partial charge in [-0.3, -0.25) is 0 Å². The fraction of sp³-hybridized carbons (Fsp3) is 0.250. The number of hydrogen-bond donors (Lipinski definition) is 1. The van der Waals surface area contributed by atoms with Gasteiger partial charge in [0.05, 0.1) is 0 Å². The highest BCUT2D eigenvalue weighted by molar-refractivity contribution is 5.93. The summed E-state index contributed by atoms with van der Waals surface area (Å²) >= 11 is 0. The van der Waals surface area contributed by atoms with Gasteiger partial charge in [0.1, 0.15) is 18.2 Å². The van der Waals surface area contributed by atoms with Crippen LogP contribution < -0.4 is 15.0 Å². The van der Waals surface area contributed by atoms with Gasteiger partial charge in [-0.1, -0.05) is 36.4 Å². The lowest BCUT2D eigenvalue weighted by Gasteiger charge is -2.29. The molecular formula is C20H21N3O. The first-order chi connectivity index (χ1) is 11.9. The number of pyridine rings is 1. The molecule has 1 N–H and O–H groups in total. The number of nitrogens with zero attached hydrogens (tertiary/aromatic N) is 2. The van der Waals surface area contributed by atoms with Crippen LogP contribution in [0.1, 0.15) is 5.56 Å². The Hall–Kier alpha value is -2.59. The van der Waals surface area contributed by atoms with E-state index >= 15 is 0 Å². The Labute approximate surface area is 142 Å². The standard InChI is InChI=1S/C20H21N3O/c1-2-4-16(5-3-1)15-24-18-7-6-17-8-9-22-20(19(17)14-18)23-12-10-21-11-13-23/h1-9,14,21H,10-13,15H2. The number of nitrogens with one attached hydrogen (secondary N) is 1. The van der Waals surface area contributed by atoms with Crippen molar-refractivity contribution in [2.24, 2.45) is 0 Å². The van der Waals surface area contributed by atoms with Gasteiger partial charge in [-0.2, -0.15) is 0 Å². The van der Waals surface area contributed by atoms with Crippen molar-refractivity contribution in [3.63, 3.8) is 0 Å². The van der Waals surface area contributed by atoms with E-state index < -0.39 is 0 Å². The molecule has 4 heteroatoms. The van der Waals surface area contributed by atoms with Crippen LogP contribution in [-0.4, -0.2) is 31.2 Å². The Morgan fingerprint density at radius 1 is 1.00 bits per heavy atom. The summed E-state index contributed by atoms with van der Waals surface area (Å²) in [6.45, 7) is 4.56. The van der Waals surface area contributed by atoms with Crippen LogP contribution in [0.3, 0.4) is 0 Å². The number of piperazine rings is 1. The molecule has 122 valence electrons. The van der Waals surface area contributed by atoms with Crippen molar-refractivity contribution in [2.45, 2.75) is 6.61 Å². The predicted octanol–water partition coefficient (Wildman–Crippen LogP) is 3.22. The molecule has 1 aliphatic heterocycles. The molecule has 0 spiro atoms. The number of fused-ring (bicyclic) bond motifs is 1. The third-order valence-electron chi connectivity index (χ3n) is 4.38. The first-order valence-corrected chi connectivity index (χ1v) is 8.41. The molecule has 0 atom stereocenters. The van der Waals surface area contributed by atoms with Gasteiger partial charge in [0.2, 0.25) is 0 Å². The molecule has 0 bridgehead atoms. The van der Waals surface area contributed by atoms with Crippen LogP contribution in [-0.2, 0) is 6.61 Å². The fourth-order valence-electron chi connectivity index (χ4n) is 3.09. The van der Waals surface area contributed by atoms with Gasteiger partial charge in [0.15, 0.2) is 0 Å². The van der Waals surface area contributed by atoms with Crippen LogP contribution in [0.5, 0.6) is 5.75 Å². The topological polar surface area (TPSA) is 37.4 Å². The third-order valence-corrected chi connectivity index (χ3v) is 4.38. The van der Waals surface area contributed by atoms with E-state index in [0.717, 1.165) is 43.1 Å². The molecule has 1 aromatic heterocycles. The summed E-state index contributed by atoms with van der Waals surface area (Å²) < 4.78 is 5.98.